The average molecular weight is 342 g/mol. The van der Waals surface area contributed by atoms with E-state index >= 15 is 0 Å². The van der Waals surface area contributed by atoms with Gasteiger partial charge in [-0.25, -0.2) is 9.37 Å². The van der Waals surface area contributed by atoms with Crippen LogP contribution in [0.15, 0.2) is 35.8 Å². The lowest BCUT2D eigenvalue weighted by atomic mass is 10.1. The van der Waals surface area contributed by atoms with Crippen LogP contribution in [0.1, 0.15) is 29.4 Å². The Morgan fingerprint density at radius 3 is 3.04 bits per heavy atom. The van der Waals surface area contributed by atoms with Gasteiger partial charge in [0.1, 0.15) is 11.9 Å². The number of nitriles is 1. The summed E-state index contributed by atoms with van der Waals surface area (Å²) in [6.07, 6.45) is 2.67. The first-order valence-electron chi connectivity index (χ1n) is 7.44. The maximum atomic E-state index is 13.8. The maximum absolute atomic E-state index is 13.8. The fourth-order valence-corrected chi connectivity index (χ4v) is 3.44. The number of amides is 1. The van der Waals surface area contributed by atoms with Crippen LogP contribution in [0.4, 0.5) is 4.39 Å². The Labute approximate surface area is 142 Å². The molecular weight excluding hydrogens is 327 g/mol. The molecule has 1 atom stereocenters. The van der Waals surface area contributed by atoms with Crippen LogP contribution in [0.3, 0.4) is 0 Å². The number of aromatic nitrogens is 2. The molecule has 24 heavy (non-hydrogen) atoms. The predicted octanol–water partition coefficient (Wildman–Crippen LogP) is 3.16. The average Bonchev–Trinajstić information content (AvgIpc) is 3.10. The van der Waals surface area contributed by atoms with Crippen molar-refractivity contribution in [2.24, 2.45) is 0 Å². The molecule has 1 amide bonds. The summed E-state index contributed by atoms with van der Waals surface area (Å²) in [6.45, 7) is 1.92. The number of nitrogens with zero attached hydrogens (tertiary/aromatic N) is 3. The van der Waals surface area contributed by atoms with E-state index in [4.69, 9.17) is 0 Å². The first kappa shape index (κ1) is 16.1. The number of aryl methyl sites for hydroxylation is 2. The smallest absolute Gasteiger partial charge is 0.221 e. The Hall–Kier alpha value is -2.72. The molecule has 0 saturated carbocycles. The van der Waals surface area contributed by atoms with Crippen molar-refractivity contribution < 1.29 is 9.18 Å². The summed E-state index contributed by atoms with van der Waals surface area (Å²) in [6, 6.07) is 6.90. The second-order valence-electron chi connectivity index (χ2n) is 5.41. The molecule has 0 saturated heterocycles. The minimum Gasteiger partial charge on any atom is -0.337 e. The van der Waals surface area contributed by atoms with Gasteiger partial charge in [-0.15, -0.1) is 11.3 Å². The van der Waals surface area contributed by atoms with E-state index in [9.17, 15) is 14.4 Å². The molecule has 122 valence electrons. The molecule has 0 unspecified atom stereocenters. The zero-order valence-corrected chi connectivity index (χ0v) is 13.8. The van der Waals surface area contributed by atoms with Crippen molar-refractivity contribution in [2.45, 2.75) is 25.8 Å². The van der Waals surface area contributed by atoms with Crippen molar-refractivity contribution in [1.82, 2.24) is 14.7 Å². The van der Waals surface area contributed by atoms with Crippen LogP contribution < -0.4 is 5.32 Å². The van der Waals surface area contributed by atoms with Crippen molar-refractivity contribution in [3.63, 3.8) is 0 Å². The van der Waals surface area contributed by atoms with Gasteiger partial charge >= 0.3 is 0 Å². The molecule has 0 aliphatic rings. The first-order valence-corrected chi connectivity index (χ1v) is 8.32. The highest BCUT2D eigenvalue weighted by molar-refractivity contribution is 7.15. The number of fused-ring (bicyclic) bond motifs is 1. The van der Waals surface area contributed by atoms with Crippen LogP contribution in [0.2, 0.25) is 0 Å². The van der Waals surface area contributed by atoms with E-state index in [2.05, 4.69) is 10.3 Å². The number of carbonyl (C=O) groups excluding carboxylic acids is 1. The molecule has 1 aromatic carbocycles. The zero-order chi connectivity index (χ0) is 17.1. The fraction of sp³-hybridized carbons (Fsp3) is 0.235. The second-order valence-corrected chi connectivity index (χ2v) is 6.25. The summed E-state index contributed by atoms with van der Waals surface area (Å²) in [7, 11) is 0. The topological polar surface area (TPSA) is 70.2 Å². The molecule has 3 rings (SSSR count). The van der Waals surface area contributed by atoms with Crippen molar-refractivity contribution in [3.05, 3.63) is 58.6 Å². The van der Waals surface area contributed by atoms with Crippen molar-refractivity contribution >= 4 is 22.2 Å². The van der Waals surface area contributed by atoms with Gasteiger partial charge in [0.2, 0.25) is 5.91 Å². The molecule has 2 aromatic heterocycles. The number of halogens is 1. The predicted molar refractivity (Wildman–Crippen MR) is 89.0 cm³/mol. The molecule has 1 N–H and O–H groups in total. The molecule has 0 radical (unpaired) electrons. The fourth-order valence-electron chi connectivity index (χ4n) is 2.48. The van der Waals surface area contributed by atoms with Crippen molar-refractivity contribution in [1.29, 1.82) is 5.26 Å². The highest BCUT2D eigenvalue weighted by atomic mass is 32.1. The van der Waals surface area contributed by atoms with Gasteiger partial charge < -0.3 is 5.32 Å². The lowest BCUT2D eigenvalue weighted by Gasteiger charge is -2.12. The first-order chi connectivity index (χ1) is 11.6. The Morgan fingerprint density at radius 2 is 2.29 bits per heavy atom. The molecule has 0 aliphatic heterocycles. The molecule has 0 aliphatic carbocycles. The Kier molecular flexibility index (Phi) is 4.58. The van der Waals surface area contributed by atoms with E-state index in [1.165, 1.54) is 23.5 Å². The van der Waals surface area contributed by atoms with Crippen LogP contribution in [0, 0.1) is 24.1 Å². The van der Waals surface area contributed by atoms with Crippen LogP contribution in [0.25, 0.3) is 4.96 Å². The van der Waals surface area contributed by atoms with E-state index in [0.29, 0.717) is 6.42 Å². The third kappa shape index (κ3) is 3.29. The van der Waals surface area contributed by atoms with Gasteiger partial charge in [-0.3, -0.25) is 9.20 Å². The Balaban J connectivity index is 1.65. The molecule has 3 aromatic rings. The number of imidazole rings is 1. The highest BCUT2D eigenvalue weighted by Gasteiger charge is 2.17. The molecule has 0 fully saturated rings. The summed E-state index contributed by atoms with van der Waals surface area (Å²) < 4.78 is 15.7. The van der Waals surface area contributed by atoms with E-state index in [1.54, 1.807) is 12.1 Å². The number of benzene rings is 1. The Morgan fingerprint density at radius 1 is 1.50 bits per heavy atom. The minimum atomic E-state index is -0.989. The monoisotopic (exact) mass is 342 g/mol. The van der Waals surface area contributed by atoms with E-state index < -0.39 is 11.9 Å². The molecule has 5 nitrogen and oxygen atoms in total. The largest absolute Gasteiger partial charge is 0.337 e. The second kappa shape index (κ2) is 6.81. The van der Waals surface area contributed by atoms with E-state index in [0.717, 1.165) is 16.3 Å². The maximum Gasteiger partial charge on any atom is 0.221 e. The number of rotatable bonds is 5. The lowest BCUT2D eigenvalue weighted by Crippen LogP contribution is -2.28. The van der Waals surface area contributed by atoms with Gasteiger partial charge in [0.05, 0.1) is 11.8 Å². The molecular formula is C17H15FN4OS. The summed E-state index contributed by atoms with van der Waals surface area (Å²) in [4.78, 5) is 17.4. The van der Waals surface area contributed by atoms with Gasteiger partial charge in [0, 0.05) is 29.3 Å². The number of carbonyl (C=O) groups is 1. The summed E-state index contributed by atoms with van der Waals surface area (Å²) >= 11 is 1.52. The SMILES string of the molecule is Cc1cn2c(CCC(=O)N[C@H](C#N)c3ccccc3F)csc2n1. The van der Waals surface area contributed by atoms with Crippen LogP contribution in [-0.4, -0.2) is 15.3 Å². The normalized spacial score (nSPS) is 12.0. The molecule has 7 heteroatoms. The van der Waals surface area contributed by atoms with E-state index in [1.807, 2.05) is 29.0 Å². The number of hydrogen-bond acceptors (Lipinski definition) is 4. The van der Waals surface area contributed by atoms with Gasteiger partial charge in [0.25, 0.3) is 0 Å². The number of thiazole rings is 1. The third-order valence-corrected chi connectivity index (χ3v) is 4.55. The quantitative estimate of drug-likeness (QED) is 0.774. The third-order valence-electron chi connectivity index (χ3n) is 3.66. The molecule has 0 bridgehead atoms. The summed E-state index contributed by atoms with van der Waals surface area (Å²) in [5, 5.41) is 13.8. The minimum absolute atomic E-state index is 0.177. The standard InChI is InChI=1S/C17H15FN4OS/c1-11-9-22-12(10-24-17(22)20-11)6-7-16(23)21-15(8-19)13-4-2-3-5-14(13)18/h2-5,9-10,15H,6-7H2,1H3,(H,21,23)/t15-/m1/s1. The Bertz CT molecular complexity index is 924. The molecule has 2 heterocycles. The highest BCUT2D eigenvalue weighted by Crippen LogP contribution is 2.19. The summed E-state index contributed by atoms with van der Waals surface area (Å²) in [5.41, 5.74) is 2.10. The van der Waals surface area contributed by atoms with Crippen molar-refractivity contribution in [3.8, 4) is 6.07 Å². The van der Waals surface area contributed by atoms with E-state index in [-0.39, 0.29) is 17.9 Å². The van der Waals surface area contributed by atoms with Gasteiger partial charge in [-0.05, 0) is 19.4 Å². The van der Waals surface area contributed by atoms with Crippen molar-refractivity contribution in [2.75, 3.05) is 0 Å². The van der Waals surface area contributed by atoms with Gasteiger partial charge in [-0.1, -0.05) is 18.2 Å². The van der Waals surface area contributed by atoms with Gasteiger partial charge in [-0.2, -0.15) is 5.26 Å². The van der Waals surface area contributed by atoms with Crippen LogP contribution in [0.5, 0.6) is 0 Å². The van der Waals surface area contributed by atoms with Crippen LogP contribution >= 0.6 is 11.3 Å². The van der Waals surface area contributed by atoms with Crippen LogP contribution in [-0.2, 0) is 11.2 Å². The zero-order valence-electron chi connectivity index (χ0n) is 13.0. The van der Waals surface area contributed by atoms with Gasteiger partial charge in [0.15, 0.2) is 4.96 Å². The number of nitrogens with one attached hydrogen (secondary N) is 1. The number of hydrogen-bond donors (Lipinski definition) is 1. The molecule has 0 spiro atoms. The summed E-state index contributed by atoms with van der Waals surface area (Å²) in [5.74, 6) is -0.793. The lowest BCUT2D eigenvalue weighted by molar-refractivity contribution is -0.121.